The van der Waals surface area contributed by atoms with E-state index in [-0.39, 0.29) is 12.4 Å². The maximum atomic E-state index is 10.1. The summed E-state index contributed by atoms with van der Waals surface area (Å²) in [6.07, 6.45) is 1.56. The zero-order valence-electron chi connectivity index (χ0n) is 5.03. The lowest BCUT2D eigenvalue weighted by atomic mass is 10.5. The molecule has 0 spiro atoms. The Bertz CT molecular complexity index is 130. The van der Waals surface area contributed by atoms with Gasteiger partial charge < -0.3 is 4.84 Å². The number of oxime groups is 1. The fourth-order valence-electron chi connectivity index (χ4n) is 0.185. The maximum Gasteiger partial charge on any atom is 0.174 e. The molecule has 0 atom stereocenters. The molecule has 0 rings (SSSR count). The molecular weight excluding hydrogens is 122 g/mol. The number of aldehydes is 1. The Labute approximate surface area is 52.5 Å². The molecule has 0 aromatic carbocycles. The van der Waals surface area contributed by atoms with Crippen LogP contribution in [-0.4, -0.2) is 24.9 Å². The average molecular weight is 129 g/mol. The third kappa shape index (κ3) is 6.81. The number of hydrogen-bond donors (Lipinski definition) is 0. The first-order valence-corrected chi connectivity index (χ1v) is 2.37. The molecule has 0 aliphatic carbocycles. The Hall–Kier alpha value is -1.19. The maximum absolute atomic E-state index is 10.1. The summed E-state index contributed by atoms with van der Waals surface area (Å²) in [7, 11) is 0. The second-order valence-corrected chi connectivity index (χ2v) is 1.31. The molecule has 0 heterocycles. The van der Waals surface area contributed by atoms with E-state index in [1.165, 1.54) is 6.92 Å². The normalized spacial score (nSPS) is 9.44. The molecule has 0 N–H and O–H groups in total. The smallest absolute Gasteiger partial charge is 0.174 e. The molecule has 9 heavy (non-hydrogen) atoms. The number of Topliss-reactive ketones (excluding diaryl/α,β-unsaturated/α-hetero) is 1. The van der Waals surface area contributed by atoms with Crippen molar-refractivity contribution in [1.82, 2.24) is 0 Å². The van der Waals surface area contributed by atoms with E-state index in [0.717, 1.165) is 6.21 Å². The van der Waals surface area contributed by atoms with Gasteiger partial charge in [-0.05, 0) is 0 Å². The van der Waals surface area contributed by atoms with Crippen molar-refractivity contribution in [3.8, 4) is 0 Å². The van der Waals surface area contributed by atoms with Gasteiger partial charge in [-0.25, -0.2) is 0 Å². The van der Waals surface area contributed by atoms with Crippen molar-refractivity contribution in [3.05, 3.63) is 0 Å². The minimum atomic E-state index is -0.208. The zero-order chi connectivity index (χ0) is 7.11. The van der Waals surface area contributed by atoms with E-state index in [9.17, 15) is 9.59 Å². The van der Waals surface area contributed by atoms with Crippen LogP contribution in [0.5, 0.6) is 0 Å². The predicted octanol–water partition coefficient (Wildman–Crippen LogP) is -0.223. The first-order valence-electron chi connectivity index (χ1n) is 2.37. The molecule has 0 fully saturated rings. The first kappa shape index (κ1) is 7.81. The van der Waals surface area contributed by atoms with Crippen molar-refractivity contribution in [2.75, 3.05) is 6.61 Å². The van der Waals surface area contributed by atoms with E-state index in [2.05, 4.69) is 9.99 Å². The lowest BCUT2D eigenvalue weighted by molar-refractivity contribution is -0.113. The van der Waals surface area contributed by atoms with Crippen LogP contribution in [0.3, 0.4) is 0 Å². The van der Waals surface area contributed by atoms with Crippen LogP contribution in [0.1, 0.15) is 6.92 Å². The van der Waals surface area contributed by atoms with Crippen molar-refractivity contribution < 1.29 is 14.4 Å². The fourth-order valence-corrected chi connectivity index (χ4v) is 0.185. The van der Waals surface area contributed by atoms with Gasteiger partial charge in [0.25, 0.3) is 0 Å². The number of carbonyl (C=O) groups is 2. The number of hydrogen-bond acceptors (Lipinski definition) is 4. The average Bonchev–Trinajstić information content (AvgIpc) is 1.80. The van der Waals surface area contributed by atoms with Crippen LogP contribution in [0.4, 0.5) is 0 Å². The highest BCUT2D eigenvalue weighted by Crippen LogP contribution is 1.69. The third-order valence-electron chi connectivity index (χ3n) is 0.452. The Kier molecular flexibility index (Phi) is 4.30. The first-order chi connectivity index (χ1) is 4.27. The summed E-state index contributed by atoms with van der Waals surface area (Å²) in [6, 6.07) is 0. The molecule has 0 saturated carbocycles. The van der Waals surface area contributed by atoms with Crippen molar-refractivity contribution >= 4 is 18.3 Å². The van der Waals surface area contributed by atoms with Gasteiger partial charge in [-0.1, -0.05) is 5.16 Å². The zero-order valence-corrected chi connectivity index (χ0v) is 5.03. The summed E-state index contributed by atoms with van der Waals surface area (Å²) in [5.74, 6) is -0.208. The minimum absolute atomic E-state index is 0.107. The van der Waals surface area contributed by atoms with Gasteiger partial charge in [-0.15, -0.1) is 0 Å². The van der Waals surface area contributed by atoms with Crippen LogP contribution in [0, 0.1) is 0 Å². The van der Waals surface area contributed by atoms with Gasteiger partial charge in [0, 0.05) is 6.92 Å². The van der Waals surface area contributed by atoms with Crippen LogP contribution >= 0.6 is 0 Å². The monoisotopic (exact) mass is 129 g/mol. The number of carbonyl (C=O) groups excluding carboxylic acids is 2. The molecule has 0 aromatic heterocycles. The molecule has 50 valence electrons. The molecule has 4 heteroatoms. The summed E-state index contributed by atoms with van der Waals surface area (Å²) in [5.41, 5.74) is 0. The van der Waals surface area contributed by atoms with Crippen LogP contribution in [0.2, 0.25) is 0 Å². The third-order valence-corrected chi connectivity index (χ3v) is 0.452. The van der Waals surface area contributed by atoms with E-state index in [0.29, 0.717) is 6.29 Å². The van der Waals surface area contributed by atoms with Crippen molar-refractivity contribution in [2.24, 2.45) is 5.16 Å². The Morgan fingerprint density at radius 1 is 1.78 bits per heavy atom. The Morgan fingerprint density at radius 3 is 2.89 bits per heavy atom. The van der Waals surface area contributed by atoms with E-state index in [1.807, 2.05) is 0 Å². The molecule has 0 aliphatic rings. The Balaban J connectivity index is 3.24. The summed E-state index contributed by atoms with van der Waals surface area (Å²) in [6.45, 7) is 1.23. The van der Waals surface area contributed by atoms with Crippen LogP contribution in [0.15, 0.2) is 5.16 Å². The summed E-state index contributed by atoms with van der Waals surface area (Å²) in [5, 5.41) is 3.15. The van der Waals surface area contributed by atoms with E-state index < -0.39 is 0 Å². The summed E-state index contributed by atoms with van der Waals surface area (Å²) >= 11 is 0. The molecule has 4 nitrogen and oxygen atoms in total. The highest BCUT2D eigenvalue weighted by atomic mass is 16.6. The van der Waals surface area contributed by atoms with Crippen LogP contribution in [-0.2, 0) is 14.4 Å². The number of rotatable bonds is 4. The van der Waals surface area contributed by atoms with Gasteiger partial charge in [0.15, 0.2) is 18.7 Å². The topological polar surface area (TPSA) is 55.7 Å². The largest absolute Gasteiger partial charge is 0.388 e. The van der Waals surface area contributed by atoms with Crippen molar-refractivity contribution in [3.63, 3.8) is 0 Å². The highest BCUT2D eigenvalue weighted by molar-refractivity contribution is 6.26. The van der Waals surface area contributed by atoms with Crippen LogP contribution in [0.25, 0.3) is 0 Å². The van der Waals surface area contributed by atoms with E-state index >= 15 is 0 Å². The SMILES string of the molecule is CC(=O)/C=N/OCC=O. The molecule has 0 aliphatic heterocycles. The molecular formula is C5H7NO3. The van der Waals surface area contributed by atoms with E-state index in [4.69, 9.17) is 0 Å². The number of nitrogens with zero attached hydrogens (tertiary/aromatic N) is 1. The predicted molar refractivity (Wildman–Crippen MR) is 31.2 cm³/mol. The molecule has 0 bridgehead atoms. The van der Waals surface area contributed by atoms with Gasteiger partial charge in [-0.3, -0.25) is 9.59 Å². The number of ketones is 1. The molecule has 0 unspecified atom stereocenters. The van der Waals surface area contributed by atoms with Crippen LogP contribution < -0.4 is 0 Å². The molecule has 0 amide bonds. The standard InChI is InChI=1S/C5H7NO3/c1-5(8)4-6-9-3-2-7/h2,4H,3H2,1H3/b6-4+. The lowest BCUT2D eigenvalue weighted by Gasteiger charge is -1.85. The second kappa shape index (κ2) is 4.96. The van der Waals surface area contributed by atoms with Gasteiger partial charge >= 0.3 is 0 Å². The van der Waals surface area contributed by atoms with Gasteiger partial charge in [0.05, 0.1) is 0 Å². The van der Waals surface area contributed by atoms with Crippen molar-refractivity contribution in [1.29, 1.82) is 0 Å². The van der Waals surface area contributed by atoms with E-state index in [1.54, 1.807) is 0 Å². The molecule has 0 aromatic rings. The Morgan fingerprint density at radius 2 is 2.44 bits per heavy atom. The molecule has 0 radical (unpaired) electrons. The fraction of sp³-hybridized carbons (Fsp3) is 0.400. The quantitative estimate of drug-likeness (QED) is 0.228. The second-order valence-electron chi connectivity index (χ2n) is 1.31. The summed E-state index contributed by atoms with van der Waals surface area (Å²) in [4.78, 5) is 23.9. The molecule has 0 saturated heterocycles. The highest BCUT2D eigenvalue weighted by Gasteiger charge is 1.81. The summed E-state index contributed by atoms with van der Waals surface area (Å²) < 4.78 is 0. The minimum Gasteiger partial charge on any atom is -0.388 e. The lowest BCUT2D eigenvalue weighted by Crippen LogP contribution is -1.93. The van der Waals surface area contributed by atoms with Gasteiger partial charge in [0.2, 0.25) is 0 Å². The van der Waals surface area contributed by atoms with Gasteiger partial charge in [-0.2, -0.15) is 0 Å². The van der Waals surface area contributed by atoms with Crippen molar-refractivity contribution in [2.45, 2.75) is 6.92 Å². The van der Waals surface area contributed by atoms with Gasteiger partial charge in [0.1, 0.15) is 6.21 Å².